The molecule has 174 valence electrons. The van der Waals surface area contributed by atoms with Gasteiger partial charge in [0.2, 0.25) is 5.91 Å². The SMILES string of the molecule is COC(C)C(NC(=O)OCC1c2ccccc2-c2ccccc21)C(=O)N1CC(O)(C(=O)O)C1. The number of methoxy groups -OCH3 is 1. The number of hydrogen-bond acceptors (Lipinski definition) is 6. The number of carboxylic acid groups (broad SMARTS) is 1. The second-order valence-corrected chi connectivity index (χ2v) is 8.42. The Kier molecular flexibility index (Phi) is 6.09. The van der Waals surface area contributed by atoms with Crippen molar-refractivity contribution in [1.82, 2.24) is 10.2 Å². The van der Waals surface area contributed by atoms with Crippen LogP contribution in [0.4, 0.5) is 4.79 Å². The number of carboxylic acids is 1. The molecule has 0 bridgehead atoms. The van der Waals surface area contributed by atoms with Crippen LogP contribution in [0, 0.1) is 0 Å². The lowest BCUT2D eigenvalue weighted by molar-refractivity contribution is -0.183. The monoisotopic (exact) mass is 454 g/mol. The number of hydrogen-bond donors (Lipinski definition) is 3. The van der Waals surface area contributed by atoms with Crippen molar-refractivity contribution in [2.45, 2.75) is 30.6 Å². The van der Waals surface area contributed by atoms with Crippen LogP contribution >= 0.6 is 0 Å². The number of aliphatic hydroxyl groups is 1. The molecule has 0 radical (unpaired) electrons. The van der Waals surface area contributed by atoms with Crippen LogP contribution in [0.25, 0.3) is 11.1 Å². The summed E-state index contributed by atoms with van der Waals surface area (Å²) in [5.41, 5.74) is 2.37. The fraction of sp³-hybridized carbons (Fsp3) is 0.375. The van der Waals surface area contributed by atoms with E-state index in [4.69, 9.17) is 14.6 Å². The number of rotatable bonds is 7. The maximum Gasteiger partial charge on any atom is 0.407 e. The quantitative estimate of drug-likeness (QED) is 0.580. The summed E-state index contributed by atoms with van der Waals surface area (Å²) < 4.78 is 10.7. The minimum absolute atomic E-state index is 0.0879. The summed E-state index contributed by atoms with van der Waals surface area (Å²) in [5, 5.41) is 21.5. The third-order valence-electron chi connectivity index (χ3n) is 6.34. The first-order valence-electron chi connectivity index (χ1n) is 10.6. The summed E-state index contributed by atoms with van der Waals surface area (Å²) in [7, 11) is 1.40. The molecule has 1 aliphatic heterocycles. The Morgan fingerprint density at radius 2 is 1.64 bits per heavy atom. The third-order valence-corrected chi connectivity index (χ3v) is 6.34. The highest BCUT2D eigenvalue weighted by atomic mass is 16.5. The number of alkyl carbamates (subject to hydrolysis) is 1. The highest BCUT2D eigenvalue weighted by molar-refractivity contribution is 5.90. The molecule has 1 saturated heterocycles. The van der Waals surface area contributed by atoms with Crippen LogP contribution in [-0.4, -0.2) is 77.6 Å². The van der Waals surface area contributed by atoms with Crippen molar-refractivity contribution in [3.05, 3.63) is 59.7 Å². The van der Waals surface area contributed by atoms with E-state index in [9.17, 15) is 19.5 Å². The lowest BCUT2D eigenvalue weighted by Gasteiger charge is -2.44. The van der Waals surface area contributed by atoms with Gasteiger partial charge in [-0.15, -0.1) is 0 Å². The van der Waals surface area contributed by atoms with Gasteiger partial charge in [-0.05, 0) is 29.2 Å². The molecule has 0 saturated carbocycles. The lowest BCUT2D eigenvalue weighted by atomic mass is 9.93. The van der Waals surface area contributed by atoms with Crippen molar-refractivity contribution in [3.63, 3.8) is 0 Å². The molecule has 3 N–H and O–H groups in total. The molecule has 4 rings (SSSR count). The fourth-order valence-corrected chi connectivity index (χ4v) is 4.36. The largest absolute Gasteiger partial charge is 0.479 e. The van der Waals surface area contributed by atoms with Crippen LogP contribution in [0.2, 0.25) is 0 Å². The van der Waals surface area contributed by atoms with Gasteiger partial charge in [0.15, 0.2) is 5.60 Å². The molecule has 1 heterocycles. The number of amides is 2. The number of nitrogens with zero attached hydrogens (tertiary/aromatic N) is 1. The number of carbonyl (C=O) groups excluding carboxylic acids is 2. The van der Waals surface area contributed by atoms with Gasteiger partial charge in [0.1, 0.15) is 12.6 Å². The average molecular weight is 454 g/mol. The number of carbonyl (C=O) groups is 3. The Morgan fingerprint density at radius 1 is 1.09 bits per heavy atom. The molecule has 9 nitrogen and oxygen atoms in total. The minimum atomic E-state index is -1.97. The summed E-state index contributed by atoms with van der Waals surface area (Å²) >= 11 is 0. The number of nitrogens with one attached hydrogen (secondary N) is 1. The molecule has 0 aromatic heterocycles. The van der Waals surface area contributed by atoms with Crippen molar-refractivity contribution in [3.8, 4) is 11.1 Å². The first-order valence-corrected chi connectivity index (χ1v) is 10.6. The Balaban J connectivity index is 1.42. The van der Waals surface area contributed by atoms with Gasteiger partial charge in [0.25, 0.3) is 0 Å². The minimum Gasteiger partial charge on any atom is -0.479 e. The second kappa shape index (κ2) is 8.84. The molecular formula is C24H26N2O7. The molecule has 2 amide bonds. The number of β-amino-alcohol motifs (C(OH)–C–C–N with tert-alkyl or cyclic N) is 1. The summed E-state index contributed by atoms with van der Waals surface area (Å²) in [6.07, 6.45) is -1.48. The van der Waals surface area contributed by atoms with Crippen LogP contribution < -0.4 is 5.32 Å². The number of fused-ring (bicyclic) bond motifs is 3. The van der Waals surface area contributed by atoms with Crippen LogP contribution in [0.3, 0.4) is 0 Å². The first-order chi connectivity index (χ1) is 15.7. The van der Waals surface area contributed by atoms with Gasteiger partial charge in [0.05, 0.1) is 19.2 Å². The van der Waals surface area contributed by atoms with E-state index < -0.39 is 35.7 Å². The molecule has 1 aliphatic carbocycles. The van der Waals surface area contributed by atoms with E-state index in [-0.39, 0.29) is 25.6 Å². The van der Waals surface area contributed by atoms with E-state index in [0.717, 1.165) is 27.2 Å². The van der Waals surface area contributed by atoms with Gasteiger partial charge in [-0.25, -0.2) is 9.59 Å². The van der Waals surface area contributed by atoms with Gasteiger partial charge in [-0.3, -0.25) is 4.79 Å². The van der Waals surface area contributed by atoms with E-state index >= 15 is 0 Å². The molecule has 2 aromatic rings. The Bertz CT molecular complexity index is 1030. The summed E-state index contributed by atoms with van der Waals surface area (Å²) in [6, 6.07) is 14.8. The second-order valence-electron chi connectivity index (χ2n) is 8.42. The van der Waals surface area contributed by atoms with Crippen LogP contribution in [0.1, 0.15) is 24.0 Å². The van der Waals surface area contributed by atoms with Crippen molar-refractivity contribution in [2.24, 2.45) is 0 Å². The van der Waals surface area contributed by atoms with E-state index in [1.54, 1.807) is 6.92 Å². The zero-order valence-corrected chi connectivity index (χ0v) is 18.4. The topological polar surface area (TPSA) is 125 Å². The zero-order chi connectivity index (χ0) is 23.8. The van der Waals surface area contributed by atoms with Gasteiger partial charge in [-0.1, -0.05) is 48.5 Å². The number of aliphatic carboxylic acids is 1. The fourth-order valence-electron chi connectivity index (χ4n) is 4.36. The molecule has 2 aliphatic rings. The van der Waals surface area contributed by atoms with Crippen molar-refractivity contribution in [1.29, 1.82) is 0 Å². The Morgan fingerprint density at radius 3 is 2.15 bits per heavy atom. The van der Waals surface area contributed by atoms with Crippen molar-refractivity contribution < 1.29 is 34.1 Å². The standard InChI is InChI=1S/C24H26N2O7/c1-14(32-2)20(21(27)26-12-24(31,13-26)22(28)29)25-23(30)33-11-19-17-9-5-3-7-15(17)16-8-4-6-10-18(16)19/h3-10,14,19-20,31H,11-13H2,1-2H3,(H,25,30)(H,28,29). The Labute approximate surface area is 190 Å². The maximum absolute atomic E-state index is 12.8. The average Bonchev–Trinajstić information content (AvgIpc) is 3.11. The maximum atomic E-state index is 12.8. The molecule has 2 atom stereocenters. The van der Waals surface area contributed by atoms with Gasteiger partial charge >= 0.3 is 12.1 Å². The molecular weight excluding hydrogens is 428 g/mol. The first kappa shape index (κ1) is 22.8. The molecule has 2 aromatic carbocycles. The van der Waals surface area contributed by atoms with Crippen LogP contribution in [0.15, 0.2) is 48.5 Å². The molecule has 1 fully saturated rings. The molecule has 2 unspecified atom stereocenters. The summed E-state index contributed by atoms with van der Waals surface area (Å²) in [6.45, 7) is 0.973. The number of benzene rings is 2. The predicted octanol–water partition coefficient (Wildman–Crippen LogP) is 1.59. The highest BCUT2D eigenvalue weighted by Crippen LogP contribution is 2.44. The zero-order valence-electron chi connectivity index (χ0n) is 18.4. The molecule has 33 heavy (non-hydrogen) atoms. The van der Waals surface area contributed by atoms with E-state index in [2.05, 4.69) is 5.32 Å². The summed E-state index contributed by atoms with van der Waals surface area (Å²) in [5.74, 6) is -2.07. The normalized spacial score (nSPS) is 17.8. The van der Waals surface area contributed by atoms with Gasteiger partial charge in [0, 0.05) is 13.0 Å². The van der Waals surface area contributed by atoms with Crippen molar-refractivity contribution >= 4 is 18.0 Å². The van der Waals surface area contributed by atoms with E-state index in [0.29, 0.717) is 0 Å². The smallest absolute Gasteiger partial charge is 0.407 e. The van der Waals surface area contributed by atoms with Crippen molar-refractivity contribution in [2.75, 3.05) is 26.8 Å². The van der Waals surface area contributed by atoms with E-state index in [1.165, 1.54) is 7.11 Å². The lowest BCUT2D eigenvalue weighted by Crippen LogP contribution is -2.70. The number of ether oxygens (including phenoxy) is 2. The van der Waals surface area contributed by atoms with Crippen LogP contribution in [-0.2, 0) is 19.1 Å². The van der Waals surface area contributed by atoms with E-state index in [1.807, 2.05) is 48.5 Å². The Hall–Kier alpha value is -3.43. The third kappa shape index (κ3) is 4.17. The van der Waals surface area contributed by atoms with Gasteiger partial charge in [-0.2, -0.15) is 0 Å². The van der Waals surface area contributed by atoms with Crippen LogP contribution in [0.5, 0.6) is 0 Å². The number of likely N-dealkylation sites (tertiary alicyclic amines) is 1. The predicted molar refractivity (Wildman–Crippen MR) is 118 cm³/mol. The molecule has 9 heteroatoms. The summed E-state index contributed by atoms with van der Waals surface area (Å²) in [4.78, 5) is 37.7. The molecule has 0 spiro atoms. The highest BCUT2D eigenvalue weighted by Gasteiger charge is 2.51. The van der Waals surface area contributed by atoms with Gasteiger partial charge < -0.3 is 29.9 Å².